The van der Waals surface area contributed by atoms with Crippen LogP contribution in [0.15, 0.2) is 6.07 Å². The van der Waals surface area contributed by atoms with Crippen LogP contribution in [-0.2, 0) is 4.79 Å². The largest absolute Gasteiger partial charge is 0.480 e. The topological polar surface area (TPSA) is 81.2 Å². The number of aliphatic carboxylic acids is 1. The second-order valence-electron chi connectivity index (χ2n) is 5.33. The molecule has 21 heavy (non-hydrogen) atoms. The van der Waals surface area contributed by atoms with Crippen molar-refractivity contribution in [3.05, 3.63) is 28.6 Å². The number of halogens is 1. The number of rotatable bonds is 2. The Labute approximate surface area is 119 Å². The number of Topliss-reactive ketones (excluding diaryl/α,β-unsaturated/α-hetero) is 1. The summed E-state index contributed by atoms with van der Waals surface area (Å²) < 4.78 is 15.6. The molecule has 1 saturated carbocycles. The van der Waals surface area contributed by atoms with E-state index in [0.29, 0.717) is 5.69 Å². The second-order valence-corrected chi connectivity index (χ2v) is 5.33. The summed E-state index contributed by atoms with van der Waals surface area (Å²) in [5, 5.41) is 18.5. The first-order chi connectivity index (χ1) is 9.95. The summed E-state index contributed by atoms with van der Waals surface area (Å²) in [4.78, 5) is 23.5. The summed E-state index contributed by atoms with van der Waals surface area (Å²) in [7, 11) is 0. The molecule has 0 radical (unpaired) electrons. The van der Waals surface area contributed by atoms with Gasteiger partial charge in [0.1, 0.15) is 17.4 Å². The summed E-state index contributed by atoms with van der Waals surface area (Å²) in [5.41, 5.74) is 0.611. The van der Waals surface area contributed by atoms with Gasteiger partial charge in [0.15, 0.2) is 24.0 Å². The smallest absolute Gasteiger partial charge is 0.324 e. The Kier molecular flexibility index (Phi) is 2.87. The molecule has 1 fully saturated rings. The van der Waals surface area contributed by atoms with Gasteiger partial charge in [-0.25, -0.2) is 4.39 Å². The van der Waals surface area contributed by atoms with Crippen molar-refractivity contribution < 1.29 is 23.7 Å². The summed E-state index contributed by atoms with van der Waals surface area (Å²) in [6.45, 7) is 1.48. The van der Waals surface area contributed by atoms with Gasteiger partial charge in [0.25, 0.3) is 0 Å². The van der Waals surface area contributed by atoms with E-state index in [1.165, 1.54) is 13.1 Å². The molecule has 2 aliphatic rings. The molecule has 1 N–H and O–H groups in total. The first-order valence-electron chi connectivity index (χ1n) is 6.59. The number of benzene rings is 1. The van der Waals surface area contributed by atoms with Gasteiger partial charge in [-0.3, -0.25) is 9.59 Å². The molecule has 1 aliphatic carbocycles. The normalized spacial score (nSPS) is 20.5. The molecule has 0 bridgehead atoms. The zero-order chi connectivity index (χ0) is 15.3. The molecule has 0 spiro atoms. The van der Waals surface area contributed by atoms with Gasteiger partial charge < -0.3 is 5.11 Å². The Bertz CT molecular complexity index is 757. The molecule has 1 aromatic carbocycles. The summed E-state index contributed by atoms with van der Waals surface area (Å²) in [6.07, 6.45) is 3.07. The van der Waals surface area contributed by atoms with Crippen LogP contribution in [0.5, 0.6) is 0 Å². The van der Waals surface area contributed by atoms with Crippen molar-refractivity contribution in [2.45, 2.75) is 25.8 Å². The number of fused-ring (bicyclic) bond motifs is 1. The lowest BCUT2D eigenvalue weighted by Gasteiger charge is -2.18. The molecule has 106 valence electrons. The number of carboxylic acid groups (broad SMARTS) is 1. The van der Waals surface area contributed by atoms with Gasteiger partial charge in [-0.15, -0.1) is 0 Å². The van der Waals surface area contributed by atoms with Crippen molar-refractivity contribution in [2.24, 2.45) is 5.92 Å². The lowest BCUT2D eigenvalue weighted by atomic mass is 9.89. The third-order valence-electron chi connectivity index (χ3n) is 3.93. The second kappa shape index (κ2) is 4.48. The van der Waals surface area contributed by atoms with Gasteiger partial charge in [0.05, 0.1) is 5.56 Å². The first kappa shape index (κ1) is 13.4. The first-order valence-corrected chi connectivity index (χ1v) is 6.59. The Morgan fingerprint density at radius 2 is 2.19 bits per heavy atom. The number of hydrogen-bond donors (Lipinski definition) is 1. The number of carbonyl (C=O) groups is 2. The Morgan fingerprint density at radius 1 is 1.52 bits per heavy atom. The van der Waals surface area contributed by atoms with Crippen LogP contribution in [0.3, 0.4) is 0 Å². The molecule has 3 rings (SSSR count). The molecule has 0 amide bonds. The molecule has 1 aliphatic heterocycles. The van der Waals surface area contributed by atoms with Crippen LogP contribution in [-0.4, -0.2) is 33.7 Å². The number of nitriles is 1. The van der Waals surface area contributed by atoms with E-state index in [-0.39, 0.29) is 22.7 Å². The van der Waals surface area contributed by atoms with Crippen molar-refractivity contribution in [3.63, 3.8) is 0 Å². The van der Waals surface area contributed by atoms with E-state index in [1.54, 1.807) is 4.58 Å². The summed E-state index contributed by atoms with van der Waals surface area (Å²) in [6, 6.07) is 3.07. The van der Waals surface area contributed by atoms with Crippen LogP contribution in [0.25, 0.3) is 0 Å². The molecular formula is C15H12FN2O3+. The highest BCUT2D eigenvalue weighted by Gasteiger charge is 2.46. The standard InChI is InChI=1S/C15H11FN2O3/c1-7-10(5-17)13-9(4-12(7)16)14(19)11(15(20)21)6-18(13)8-2-3-8/h4,6,8,11H,2-3H2,1H3/p+1. The molecular weight excluding hydrogens is 275 g/mol. The van der Waals surface area contributed by atoms with Gasteiger partial charge in [0, 0.05) is 18.4 Å². The minimum Gasteiger partial charge on any atom is -0.480 e. The molecule has 5 nitrogen and oxygen atoms in total. The van der Waals surface area contributed by atoms with Crippen molar-refractivity contribution in [1.29, 1.82) is 5.26 Å². The third-order valence-corrected chi connectivity index (χ3v) is 3.93. The van der Waals surface area contributed by atoms with Gasteiger partial charge in [0.2, 0.25) is 5.69 Å². The van der Waals surface area contributed by atoms with Crippen LogP contribution >= 0.6 is 0 Å². The minimum atomic E-state index is -1.33. The predicted octanol–water partition coefficient (Wildman–Crippen LogP) is 1.78. The van der Waals surface area contributed by atoms with Gasteiger partial charge in [-0.2, -0.15) is 9.84 Å². The monoisotopic (exact) mass is 287 g/mol. The van der Waals surface area contributed by atoms with Crippen molar-refractivity contribution in [1.82, 2.24) is 0 Å². The fourth-order valence-electron chi connectivity index (χ4n) is 2.63. The Balaban J connectivity index is 2.32. The molecule has 6 heteroatoms. The van der Waals surface area contributed by atoms with Crippen LogP contribution in [0.4, 0.5) is 10.1 Å². The number of nitrogens with zero attached hydrogens (tertiary/aromatic N) is 2. The van der Waals surface area contributed by atoms with E-state index in [0.717, 1.165) is 18.9 Å². The van der Waals surface area contributed by atoms with E-state index in [2.05, 4.69) is 0 Å². The number of ketones is 1. The SMILES string of the molecule is Cc1c(F)cc2c(c1C#N)[N+](C1CC1)=CC(C(=O)O)C2=O. The molecule has 1 unspecified atom stereocenters. The summed E-state index contributed by atoms with van der Waals surface area (Å²) >= 11 is 0. The number of carbonyl (C=O) groups excluding carboxylic acids is 1. The van der Waals surface area contributed by atoms with Crippen LogP contribution in [0.1, 0.15) is 34.3 Å². The fraction of sp³-hybridized carbons (Fsp3) is 0.333. The van der Waals surface area contributed by atoms with Gasteiger partial charge in [-0.05, 0) is 13.0 Å². The van der Waals surface area contributed by atoms with Crippen LogP contribution < -0.4 is 0 Å². The van der Waals surface area contributed by atoms with E-state index in [1.807, 2.05) is 6.07 Å². The van der Waals surface area contributed by atoms with Gasteiger partial charge >= 0.3 is 5.97 Å². The lowest BCUT2D eigenvalue weighted by Crippen LogP contribution is -2.35. The highest BCUT2D eigenvalue weighted by Crippen LogP contribution is 2.39. The number of carboxylic acids is 1. The predicted molar refractivity (Wildman–Crippen MR) is 70.3 cm³/mol. The highest BCUT2D eigenvalue weighted by molar-refractivity contribution is 6.20. The zero-order valence-corrected chi connectivity index (χ0v) is 11.3. The Hall–Kier alpha value is -2.55. The third kappa shape index (κ3) is 1.93. The van der Waals surface area contributed by atoms with Crippen molar-refractivity contribution in [3.8, 4) is 6.07 Å². The lowest BCUT2D eigenvalue weighted by molar-refractivity contribution is -0.454. The molecule has 1 heterocycles. The molecule has 1 aromatic rings. The van der Waals surface area contributed by atoms with Crippen LogP contribution in [0, 0.1) is 30.0 Å². The van der Waals surface area contributed by atoms with Crippen molar-refractivity contribution >= 4 is 23.7 Å². The van der Waals surface area contributed by atoms with Crippen LogP contribution in [0.2, 0.25) is 0 Å². The minimum absolute atomic E-state index is 0.0172. The fourth-order valence-corrected chi connectivity index (χ4v) is 2.63. The van der Waals surface area contributed by atoms with E-state index < -0.39 is 23.5 Å². The van der Waals surface area contributed by atoms with Gasteiger partial charge in [-0.1, -0.05) is 0 Å². The summed E-state index contributed by atoms with van der Waals surface area (Å²) in [5.74, 6) is -3.94. The zero-order valence-electron chi connectivity index (χ0n) is 11.3. The van der Waals surface area contributed by atoms with E-state index in [4.69, 9.17) is 5.11 Å². The molecule has 0 aromatic heterocycles. The Morgan fingerprint density at radius 3 is 2.71 bits per heavy atom. The van der Waals surface area contributed by atoms with E-state index >= 15 is 0 Å². The molecule has 1 atom stereocenters. The van der Waals surface area contributed by atoms with E-state index in [9.17, 15) is 19.2 Å². The molecule has 0 saturated heterocycles. The number of hydrogen-bond acceptors (Lipinski definition) is 3. The average molecular weight is 287 g/mol. The maximum Gasteiger partial charge on any atom is 0.324 e. The highest BCUT2D eigenvalue weighted by atomic mass is 19.1. The quantitative estimate of drug-likeness (QED) is 0.664. The maximum absolute atomic E-state index is 13.9. The maximum atomic E-state index is 13.9. The average Bonchev–Trinajstić information content (AvgIpc) is 3.26. The van der Waals surface area contributed by atoms with Crippen molar-refractivity contribution in [2.75, 3.05) is 0 Å².